The molecule has 1 aliphatic carbocycles. The SMILES string of the molecule is Cc1cccc2cc([C@H](c3nnnn3C3CCCCC3)[NH+]3CCC(C)CC3)c(=O)[nH]c12. The summed E-state index contributed by atoms with van der Waals surface area (Å²) in [5.74, 6) is 1.59. The van der Waals surface area contributed by atoms with Gasteiger partial charge in [-0.05, 0) is 66.0 Å². The van der Waals surface area contributed by atoms with E-state index in [1.54, 1.807) is 0 Å². The molecule has 3 aromatic rings. The van der Waals surface area contributed by atoms with E-state index in [-0.39, 0.29) is 11.6 Å². The van der Waals surface area contributed by atoms with Crippen LogP contribution < -0.4 is 10.5 Å². The summed E-state index contributed by atoms with van der Waals surface area (Å²) < 4.78 is 2.05. The van der Waals surface area contributed by atoms with Gasteiger partial charge in [0, 0.05) is 0 Å². The first-order chi connectivity index (χ1) is 15.1. The number of hydrogen-bond donors (Lipinski definition) is 2. The Morgan fingerprint density at radius 1 is 1.13 bits per heavy atom. The van der Waals surface area contributed by atoms with Gasteiger partial charge in [0.15, 0.2) is 6.04 Å². The van der Waals surface area contributed by atoms with Gasteiger partial charge in [0.1, 0.15) is 0 Å². The van der Waals surface area contributed by atoms with Crippen molar-refractivity contribution < 1.29 is 4.90 Å². The molecule has 7 heteroatoms. The molecule has 2 N–H and O–H groups in total. The lowest BCUT2D eigenvalue weighted by atomic mass is 9.93. The molecule has 1 saturated heterocycles. The molecule has 3 heterocycles. The van der Waals surface area contributed by atoms with E-state index in [4.69, 9.17) is 0 Å². The monoisotopic (exact) mass is 421 g/mol. The quantitative estimate of drug-likeness (QED) is 0.679. The van der Waals surface area contributed by atoms with Crippen molar-refractivity contribution in [3.63, 3.8) is 0 Å². The van der Waals surface area contributed by atoms with Gasteiger partial charge in [-0.25, -0.2) is 4.68 Å². The molecule has 2 fully saturated rings. The molecule has 0 unspecified atom stereocenters. The van der Waals surface area contributed by atoms with Gasteiger partial charge >= 0.3 is 0 Å². The van der Waals surface area contributed by atoms with Crippen LogP contribution in [0.4, 0.5) is 0 Å². The minimum absolute atomic E-state index is 0.0175. The lowest BCUT2D eigenvalue weighted by Gasteiger charge is -2.34. The Morgan fingerprint density at radius 3 is 2.68 bits per heavy atom. The summed E-state index contributed by atoms with van der Waals surface area (Å²) in [5.41, 5.74) is 2.78. The Balaban J connectivity index is 1.63. The molecular weight excluding hydrogens is 388 g/mol. The second-order valence-electron chi connectivity index (χ2n) is 9.64. The number of nitrogens with zero attached hydrogens (tertiary/aromatic N) is 4. The number of benzene rings is 1. The molecule has 2 aromatic heterocycles. The number of pyridine rings is 1. The number of piperidine rings is 1. The first-order valence-electron chi connectivity index (χ1n) is 11.9. The highest BCUT2D eigenvalue weighted by molar-refractivity contribution is 5.82. The van der Waals surface area contributed by atoms with E-state index >= 15 is 0 Å². The van der Waals surface area contributed by atoms with E-state index in [2.05, 4.69) is 50.3 Å². The Morgan fingerprint density at radius 2 is 1.90 bits per heavy atom. The summed E-state index contributed by atoms with van der Waals surface area (Å²) in [4.78, 5) is 17.9. The largest absolute Gasteiger partial charge is 0.322 e. The van der Waals surface area contributed by atoms with Crippen molar-refractivity contribution in [2.75, 3.05) is 13.1 Å². The molecule has 1 aliphatic heterocycles. The van der Waals surface area contributed by atoms with Crippen LogP contribution in [0, 0.1) is 12.8 Å². The Bertz CT molecular complexity index is 1100. The van der Waals surface area contributed by atoms with E-state index in [1.165, 1.54) is 37.0 Å². The molecule has 0 radical (unpaired) electrons. The number of aromatic amines is 1. The van der Waals surface area contributed by atoms with E-state index in [0.717, 1.165) is 59.7 Å². The highest BCUT2D eigenvalue weighted by atomic mass is 16.1. The molecule has 1 atom stereocenters. The highest BCUT2D eigenvalue weighted by Gasteiger charge is 2.37. The summed E-state index contributed by atoms with van der Waals surface area (Å²) in [7, 11) is 0. The minimum atomic E-state index is -0.141. The van der Waals surface area contributed by atoms with Crippen LogP contribution >= 0.6 is 0 Å². The van der Waals surface area contributed by atoms with E-state index in [1.807, 2.05) is 13.0 Å². The van der Waals surface area contributed by atoms with Crippen molar-refractivity contribution in [3.05, 3.63) is 51.6 Å². The number of rotatable bonds is 4. The summed E-state index contributed by atoms with van der Waals surface area (Å²) in [6.45, 7) is 6.43. The summed E-state index contributed by atoms with van der Waals surface area (Å²) in [6.07, 6.45) is 8.30. The molecular formula is C24H33N6O+. The Hall–Kier alpha value is -2.54. The zero-order valence-electron chi connectivity index (χ0n) is 18.6. The summed E-state index contributed by atoms with van der Waals surface area (Å²) in [6, 6.07) is 8.45. The zero-order chi connectivity index (χ0) is 21.4. The number of tetrazole rings is 1. The average molecular weight is 422 g/mol. The summed E-state index contributed by atoms with van der Waals surface area (Å²) >= 11 is 0. The number of hydrogen-bond acceptors (Lipinski definition) is 4. The maximum Gasteiger partial charge on any atom is 0.258 e. The van der Waals surface area contributed by atoms with Crippen molar-refractivity contribution in [2.24, 2.45) is 5.92 Å². The molecule has 0 spiro atoms. The van der Waals surface area contributed by atoms with Crippen LogP contribution in [0.3, 0.4) is 0 Å². The predicted molar refractivity (Wildman–Crippen MR) is 120 cm³/mol. The Kier molecular flexibility index (Phi) is 5.61. The number of aryl methyl sites for hydroxylation is 1. The fourth-order valence-electron chi connectivity index (χ4n) is 5.55. The van der Waals surface area contributed by atoms with Crippen LogP contribution in [-0.2, 0) is 0 Å². The fourth-order valence-corrected chi connectivity index (χ4v) is 5.55. The van der Waals surface area contributed by atoms with E-state index in [0.29, 0.717) is 6.04 Å². The van der Waals surface area contributed by atoms with Crippen molar-refractivity contribution in [3.8, 4) is 0 Å². The second-order valence-corrected chi connectivity index (χ2v) is 9.64. The number of fused-ring (bicyclic) bond motifs is 1. The van der Waals surface area contributed by atoms with Gasteiger partial charge in [-0.1, -0.05) is 44.4 Å². The lowest BCUT2D eigenvalue weighted by Crippen LogP contribution is -3.13. The van der Waals surface area contributed by atoms with Crippen LogP contribution in [0.2, 0.25) is 0 Å². The van der Waals surface area contributed by atoms with Crippen LogP contribution in [0.5, 0.6) is 0 Å². The molecule has 31 heavy (non-hydrogen) atoms. The molecule has 0 bridgehead atoms. The number of nitrogens with one attached hydrogen (secondary N) is 2. The maximum absolute atomic E-state index is 13.4. The van der Waals surface area contributed by atoms with E-state index < -0.39 is 0 Å². The lowest BCUT2D eigenvalue weighted by molar-refractivity contribution is -0.932. The van der Waals surface area contributed by atoms with E-state index in [9.17, 15) is 4.79 Å². The molecule has 164 valence electrons. The number of quaternary nitrogens is 1. The minimum Gasteiger partial charge on any atom is -0.322 e. The first kappa shape index (κ1) is 20.4. The standard InChI is InChI=1S/C24H32N6O/c1-16-11-13-29(14-12-16)22(23-26-27-28-30(23)19-9-4-3-5-10-19)20-15-18-8-6-7-17(2)21(18)25-24(20)31/h6-8,15-16,19,22H,3-5,9-14H2,1-2H3,(H,25,31)/p+1/t22-/m1/s1. The zero-order valence-corrected chi connectivity index (χ0v) is 18.6. The molecule has 0 amide bonds. The third-order valence-corrected chi connectivity index (χ3v) is 7.45. The molecule has 1 aromatic carbocycles. The second kappa shape index (κ2) is 8.54. The van der Waals surface area contributed by atoms with Gasteiger partial charge in [0.25, 0.3) is 5.56 Å². The molecule has 5 rings (SSSR count). The van der Waals surface area contributed by atoms with Crippen LogP contribution in [0.1, 0.15) is 80.9 Å². The van der Waals surface area contributed by atoms with Crippen molar-refractivity contribution in [2.45, 2.75) is 70.9 Å². The van der Waals surface area contributed by atoms with Crippen LogP contribution in [-0.4, -0.2) is 38.3 Å². The highest BCUT2D eigenvalue weighted by Crippen LogP contribution is 2.30. The normalized spacial score (nSPS) is 23.8. The number of H-pyrrole nitrogens is 1. The van der Waals surface area contributed by atoms with Crippen LogP contribution in [0.25, 0.3) is 10.9 Å². The van der Waals surface area contributed by atoms with Crippen LogP contribution in [0.15, 0.2) is 29.1 Å². The van der Waals surface area contributed by atoms with Gasteiger partial charge in [-0.15, -0.1) is 5.10 Å². The van der Waals surface area contributed by atoms with Crippen molar-refractivity contribution in [1.29, 1.82) is 0 Å². The van der Waals surface area contributed by atoms with Gasteiger partial charge < -0.3 is 9.88 Å². The summed E-state index contributed by atoms with van der Waals surface area (Å²) in [5, 5.41) is 14.1. The third kappa shape index (κ3) is 3.91. The molecule has 7 nitrogen and oxygen atoms in total. The topological polar surface area (TPSA) is 80.9 Å². The van der Waals surface area contributed by atoms with Crippen molar-refractivity contribution >= 4 is 10.9 Å². The van der Waals surface area contributed by atoms with Gasteiger partial charge in [0.05, 0.1) is 30.2 Å². The number of aromatic nitrogens is 5. The third-order valence-electron chi connectivity index (χ3n) is 7.45. The number of likely N-dealkylation sites (tertiary alicyclic amines) is 1. The van der Waals surface area contributed by atoms with Gasteiger partial charge in [-0.2, -0.15) is 0 Å². The Labute approximate surface area is 182 Å². The fraction of sp³-hybridized carbons (Fsp3) is 0.583. The smallest absolute Gasteiger partial charge is 0.258 e. The predicted octanol–water partition coefficient (Wildman–Crippen LogP) is 2.73. The molecule has 1 saturated carbocycles. The average Bonchev–Trinajstić information content (AvgIpc) is 3.26. The maximum atomic E-state index is 13.4. The number of para-hydroxylation sites is 1. The molecule has 2 aliphatic rings. The first-order valence-corrected chi connectivity index (χ1v) is 11.9. The van der Waals surface area contributed by atoms with Gasteiger partial charge in [-0.3, -0.25) is 4.79 Å². The van der Waals surface area contributed by atoms with Crippen molar-refractivity contribution in [1.82, 2.24) is 25.2 Å². The van der Waals surface area contributed by atoms with Gasteiger partial charge in [0.2, 0.25) is 5.82 Å².